The maximum Gasteiger partial charge on any atom is 0.0880 e. The summed E-state index contributed by atoms with van der Waals surface area (Å²) in [6.45, 7) is 0.157. The molecule has 0 saturated heterocycles. The molecule has 2 aromatic carbocycles. The second kappa shape index (κ2) is 7.34. The van der Waals surface area contributed by atoms with Crippen LogP contribution >= 0.6 is 11.8 Å². The second-order valence-electron chi connectivity index (χ2n) is 4.30. The third kappa shape index (κ3) is 4.10. The van der Waals surface area contributed by atoms with E-state index >= 15 is 0 Å². The van der Waals surface area contributed by atoms with Gasteiger partial charge in [-0.05, 0) is 16.7 Å². The lowest BCUT2D eigenvalue weighted by atomic mass is 10.0. The Balaban J connectivity index is 2.02. The van der Waals surface area contributed by atoms with Crippen molar-refractivity contribution in [3.05, 3.63) is 60.2 Å². The minimum atomic E-state index is -0.471. The van der Waals surface area contributed by atoms with Crippen molar-refractivity contribution in [3.63, 3.8) is 0 Å². The highest BCUT2D eigenvalue weighted by Gasteiger charge is 2.07. The summed E-state index contributed by atoms with van der Waals surface area (Å²) in [5.74, 6) is 1.28. The van der Waals surface area contributed by atoms with Crippen LogP contribution in [0.1, 0.15) is 11.7 Å². The zero-order valence-electron chi connectivity index (χ0n) is 10.7. The monoisotopic (exact) mass is 274 g/mol. The third-order valence-electron chi connectivity index (χ3n) is 2.91. The van der Waals surface area contributed by atoms with Gasteiger partial charge in [0.1, 0.15) is 0 Å². The zero-order valence-corrected chi connectivity index (χ0v) is 11.5. The maximum absolute atomic E-state index is 10.0. The van der Waals surface area contributed by atoms with Gasteiger partial charge in [0, 0.05) is 11.5 Å². The normalized spacial score (nSPS) is 12.3. The first kappa shape index (κ1) is 14.1. The van der Waals surface area contributed by atoms with Crippen molar-refractivity contribution in [3.8, 4) is 11.1 Å². The van der Waals surface area contributed by atoms with Crippen molar-refractivity contribution < 1.29 is 10.2 Å². The summed E-state index contributed by atoms with van der Waals surface area (Å²) in [6, 6.07) is 18.2. The van der Waals surface area contributed by atoms with E-state index in [4.69, 9.17) is 5.11 Å². The molecular formula is C16H18O2S. The molecule has 0 heterocycles. The number of hydrogen-bond acceptors (Lipinski definition) is 3. The number of rotatable bonds is 6. The summed E-state index contributed by atoms with van der Waals surface area (Å²) in [4.78, 5) is 0. The van der Waals surface area contributed by atoms with Crippen LogP contribution in [-0.2, 0) is 0 Å². The number of aliphatic hydroxyl groups excluding tert-OH is 2. The zero-order chi connectivity index (χ0) is 13.5. The Labute approximate surface area is 118 Å². The van der Waals surface area contributed by atoms with Gasteiger partial charge in [-0.1, -0.05) is 54.6 Å². The molecule has 0 amide bonds. The standard InChI is InChI=1S/C16H18O2S/c17-10-11-19-12-16(18)15-8-6-14(7-9-15)13-4-2-1-3-5-13/h1-9,16-18H,10-12H2. The Bertz CT molecular complexity index is 482. The lowest BCUT2D eigenvalue weighted by molar-refractivity contribution is 0.204. The van der Waals surface area contributed by atoms with E-state index in [0.29, 0.717) is 11.5 Å². The van der Waals surface area contributed by atoms with Gasteiger partial charge in [-0.25, -0.2) is 0 Å². The Morgan fingerprint density at radius 3 is 2.16 bits per heavy atom. The number of benzene rings is 2. The van der Waals surface area contributed by atoms with Crippen LogP contribution in [0.5, 0.6) is 0 Å². The Morgan fingerprint density at radius 2 is 1.53 bits per heavy atom. The second-order valence-corrected chi connectivity index (χ2v) is 5.45. The SMILES string of the molecule is OCCSCC(O)c1ccc(-c2ccccc2)cc1. The molecule has 0 fully saturated rings. The molecule has 0 radical (unpaired) electrons. The van der Waals surface area contributed by atoms with Gasteiger partial charge in [0.25, 0.3) is 0 Å². The van der Waals surface area contributed by atoms with E-state index < -0.39 is 6.10 Å². The van der Waals surface area contributed by atoms with Crippen molar-refractivity contribution in [1.82, 2.24) is 0 Å². The maximum atomic E-state index is 10.0. The summed E-state index contributed by atoms with van der Waals surface area (Å²) in [6.07, 6.45) is -0.471. The van der Waals surface area contributed by atoms with Crippen molar-refractivity contribution >= 4 is 11.8 Å². The van der Waals surface area contributed by atoms with Gasteiger partial charge in [0.2, 0.25) is 0 Å². The van der Waals surface area contributed by atoms with Crippen molar-refractivity contribution in [2.45, 2.75) is 6.10 Å². The molecule has 2 N–H and O–H groups in total. The average molecular weight is 274 g/mol. The highest BCUT2D eigenvalue weighted by Crippen LogP contribution is 2.23. The first-order valence-corrected chi connectivity index (χ1v) is 7.49. The van der Waals surface area contributed by atoms with Gasteiger partial charge in [-0.15, -0.1) is 0 Å². The fourth-order valence-corrected chi connectivity index (χ4v) is 2.60. The highest BCUT2D eigenvalue weighted by molar-refractivity contribution is 7.99. The van der Waals surface area contributed by atoms with Crippen LogP contribution in [0, 0.1) is 0 Å². The van der Waals surface area contributed by atoms with E-state index in [1.807, 2.05) is 42.5 Å². The Hall–Kier alpha value is -1.29. The summed E-state index contributed by atoms with van der Waals surface area (Å²) in [7, 11) is 0. The molecular weight excluding hydrogens is 256 g/mol. The van der Waals surface area contributed by atoms with Crippen LogP contribution in [0.25, 0.3) is 11.1 Å². The largest absolute Gasteiger partial charge is 0.396 e. The lowest BCUT2D eigenvalue weighted by Crippen LogP contribution is -2.02. The molecule has 0 aliphatic heterocycles. The minimum Gasteiger partial charge on any atom is -0.396 e. The molecule has 0 bridgehead atoms. The summed E-state index contributed by atoms with van der Waals surface area (Å²) >= 11 is 1.56. The molecule has 0 aliphatic carbocycles. The van der Waals surface area contributed by atoms with Gasteiger partial charge < -0.3 is 10.2 Å². The molecule has 1 atom stereocenters. The first-order chi connectivity index (χ1) is 9.31. The molecule has 1 unspecified atom stereocenters. The van der Waals surface area contributed by atoms with E-state index in [1.165, 1.54) is 5.56 Å². The number of thioether (sulfide) groups is 1. The number of aliphatic hydroxyl groups is 2. The smallest absolute Gasteiger partial charge is 0.0880 e. The molecule has 19 heavy (non-hydrogen) atoms. The van der Waals surface area contributed by atoms with Gasteiger partial charge in [-0.3, -0.25) is 0 Å². The average Bonchev–Trinajstić information content (AvgIpc) is 2.48. The van der Waals surface area contributed by atoms with Crippen LogP contribution in [0.3, 0.4) is 0 Å². The van der Waals surface area contributed by atoms with E-state index in [9.17, 15) is 5.11 Å². The van der Waals surface area contributed by atoms with Gasteiger partial charge in [-0.2, -0.15) is 11.8 Å². The predicted molar refractivity (Wildman–Crippen MR) is 81.2 cm³/mol. The minimum absolute atomic E-state index is 0.157. The molecule has 2 nitrogen and oxygen atoms in total. The molecule has 0 saturated carbocycles. The van der Waals surface area contributed by atoms with E-state index in [-0.39, 0.29) is 6.61 Å². The highest BCUT2D eigenvalue weighted by atomic mass is 32.2. The molecule has 0 spiro atoms. The van der Waals surface area contributed by atoms with Gasteiger partial charge in [0.05, 0.1) is 12.7 Å². The molecule has 2 rings (SSSR count). The van der Waals surface area contributed by atoms with E-state index in [0.717, 1.165) is 11.1 Å². The summed E-state index contributed by atoms with van der Waals surface area (Å²) in [5.41, 5.74) is 3.25. The van der Waals surface area contributed by atoms with Crippen LogP contribution < -0.4 is 0 Å². The van der Waals surface area contributed by atoms with E-state index in [1.54, 1.807) is 11.8 Å². The van der Waals surface area contributed by atoms with Crippen molar-refractivity contribution in [1.29, 1.82) is 0 Å². The first-order valence-electron chi connectivity index (χ1n) is 6.33. The van der Waals surface area contributed by atoms with Crippen LogP contribution in [0.4, 0.5) is 0 Å². The summed E-state index contributed by atoms with van der Waals surface area (Å²) < 4.78 is 0. The van der Waals surface area contributed by atoms with Gasteiger partial charge >= 0.3 is 0 Å². The molecule has 0 aliphatic rings. The topological polar surface area (TPSA) is 40.5 Å². The lowest BCUT2D eigenvalue weighted by Gasteiger charge is -2.11. The fourth-order valence-electron chi connectivity index (χ4n) is 1.88. The molecule has 2 aromatic rings. The molecule has 0 aromatic heterocycles. The van der Waals surface area contributed by atoms with Crippen molar-refractivity contribution in [2.24, 2.45) is 0 Å². The fraction of sp³-hybridized carbons (Fsp3) is 0.250. The van der Waals surface area contributed by atoms with Crippen LogP contribution in [0.2, 0.25) is 0 Å². The molecule has 100 valence electrons. The van der Waals surface area contributed by atoms with Crippen LogP contribution in [0.15, 0.2) is 54.6 Å². The van der Waals surface area contributed by atoms with Crippen LogP contribution in [-0.4, -0.2) is 28.3 Å². The van der Waals surface area contributed by atoms with Crippen molar-refractivity contribution in [2.75, 3.05) is 18.1 Å². The quantitative estimate of drug-likeness (QED) is 0.795. The number of hydrogen-bond donors (Lipinski definition) is 2. The third-order valence-corrected chi connectivity index (χ3v) is 3.94. The van der Waals surface area contributed by atoms with Gasteiger partial charge in [0.15, 0.2) is 0 Å². The molecule has 3 heteroatoms. The summed E-state index contributed by atoms with van der Waals surface area (Å²) in [5, 5.41) is 18.7. The Morgan fingerprint density at radius 1 is 0.895 bits per heavy atom. The van der Waals surface area contributed by atoms with E-state index in [2.05, 4.69) is 12.1 Å². The Kier molecular flexibility index (Phi) is 5.45. The predicted octanol–water partition coefficient (Wildman–Crippen LogP) is 3.11.